The zero-order valence-corrected chi connectivity index (χ0v) is 18.2. The summed E-state index contributed by atoms with van der Waals surface area (Å²) >= 11 is 7.11. The monoisotopic (exact) mass is 464 g/mol. The predicted molar refractivity (Wildman–Crippen MR) is 119 cm³/mol. The number of nitrogens with zero attached hydrogens (tertiary/aromatic N) is 1. The number of thioether (sulfide) groups is 2. The van der Waals surface area contributed by atoms with E-state index in [1.54, 1.807) is 6.21 Å². The molecule has 0 aliphatic carbocycles. The topological polar surface area (TPSA) is 50.7 Å². The average molecular weight is 465 g/mol. The number of hydrogen-bond donors (Lipinski definition) is 1. The van der Waals surface area contributed by atoms with Gasteiger partial charge in [0.1, 0.15) is 12.4 Å². The van der Waals surface area contributed by atoms with E-state index in [1.165, 1.54) is 0 Å². The summed E-state index contributed by atoms with van der Waals surface area (Å²) < 4.78 is 6.85. The summed E-state index contributed by atoms with van der Waals surface area (Å²) in [6.45, 7) is 2.61. The lowest BCUT2D eigenvalue weighted by atomic mass is 10.2. The van der Waals surface area contributed by atoms with Crippen LogP contribution in [0, 0.1) is 0 Å². The minimum atomic E-state index is -0.0571. The fourth-order valence-corrected chi connectivity index (χ4v) is 5.70. The fraction of sp³-hybridized carbons (Fsp3) is 0.300. The molecule has 1 saturated heterocycles. The van der Waals surface area contributed by atoms with Crippen LogP contribution in [-0.2, 0) is 11.4 Å². The molecule has 0 bridgehead atoms. The summed E-state index contributed by atoms with van der Waals surface area (Å²) in [5, 5.41) is 4.08. The lowest BCUT2D eigenvalue weighted by Gasteiger charge is -2.19. The Labute approximate surface area is 176 Å². The second-order valence-corrected chi connectivity index (χ2v) is 10.7. The van der Waals surface area contributed by atoms with Gasteiger partial charge >= 0.3 is 0 Å². The predicted octanol–water partition coefficient (Wildman–Crippen LogP) is 5.06. The molecule has 4 nitrogen and oxygen atoms in total. The number of benzene rings is 2. The van der Waals surface area contributed by atoms with Crippen LogP contribution >= 0.6 is 39.5 Å². The molecule has 0 radical (unpaired) electrons. The Morgan fingerprint density at radius 2 is 2.00 bits per heavy atom. The van der Waals surface area contributed by atoms with Gasteiger partial charge < -0.3 is 4.74 Å². The Morgan fingerprint density at radius 1 is 1.26 bits per heavy atom. The molecule has 0 unspecified atom stereocenters. The first-order valence-corrected chi connectivity index (χ1v) is 11.4. The molecule has 0 atom stereocenters. The second-order valence-electron chi connectivity index (χ2n) is 6.29. The van der Waals surface area contributed by atoms with Gasteiger partial charge in [-0.2, -0.15) is 5.10 Å². The number of ether oxygens (including phenoxy) is 1. The molecule has 0 saturated carbocycles. The Hall–Kier alpha value is -1.44. The molecule has 0 aromatic heterocycles. The van der Waals surface area contributed by atoms with E-state index in [2.05, 4.69) is 33.4 Å². The van der Waals surface area contributed by atoms with Crippen LogP contribution in [0.25, 0.3) is 0 Å². The van der Waals surface area contributed by atoms with E-state index in [1.807, 2.05) is 72.1 Å². The van der Waals surface area contributed by atoms with Crippen LogP contribution in [0.3, 0.4) is 0 Å². The van der Waals surface area contributed by atoms with Crippen LogP contribution in [0.4, 0.5) is 0 Å². The van der Waals surface area contributed by atoms with Crippen LogP contribution in [0.15, 0.2) is 58.1 Å². The van der Waals surface area contributed by atoms with Gasteiger partial charge in [-0.1, -0.05) is 40.2 Å². The zero-order valence-electron chi connectivity index (χ0n) is 15.0. The van der Waals surface area contributed by atoms with Crippen LogP contribution in [0.2, 0.25) is 0 Å². The number of rotatable bonds is 7. The summed E-state index contributed by atoms with van der Waals surface area (Å²) in [7, 11) is 0. The van der Waals surface area contributed by atoms with Crippen molar-refractivity contribution in [3.8, 4) is 5.75 Å². The Morgan fingerprint density at radius 3 is 2.74 bits per heavy atom. The van der Waals surface area contributed by atoms with Crippen LogP contribution in [-0.4, -0.2) is 27.7 Å². The summed E-state index contributed by atoms with van der Waals surface area (Å²) in [6.07, 6.45) is 2.11. The Balaban J connectivity index is 1.50. The second kappa shape index (κ2) is 9.66. The normalized spacial score (nSPS) is 15.8. The van der Waals surface area contributed by atoms with Gasteiger partial charge in [-0.3, -0.25) is 4.79 Å². The van der Waals surface area contributed by atoms with Gasteiger partial charge in [0, 0.05) is 16.0 Å². The number of nitrogens with one attached hydrogen (secondary N) is 1. The highest BCUT2D eigenvalue weighted by molar-refractivity contribution is 9.10. The first kappa shape index (κ1) is 20.3. The van der Waals surface area contributed by atoms with Crippen molar-refractivity contribution in [3.63, 3.8) is 0 Å². The van der Waals surface area contributed by atoms with Gasteiger partial charge in [-0.05, 0) is 42.3 Å². The highest BCUT2D eigenvalue weighted by Crippen LogP contribution is 2.45. The number of carbonyl (C=O) groups excluding carboxylic acids is 1. The molecule has 1 aliphatic heterocycles. The standard InChI is InChI=1S/C20H21BrN2O2S2/c1-20(26-9-10-27-20)12-19(24)23-22-13-16-3-2-4-18(11-16)25-14-15-5-7-17(21)8-6-15/h2-8,11,13H,9-10,12,14H2,1H3,(H,23,24)/b22-13-. The maximum Gasteiger partial charge on any atom is 0.242 e. The van der Waals surface area contributed by atoms with Crippen LogP contribution in [0.1, 0.15) is 24.5 Å². The van der Waals surface area contributed by atoms with Gasteiger partial charge in [-0.25, -0.2) is 5.43 Å². The van der Waals surface area contributed by atoms with Crippen molar-refractivity contribution in [1.29, 1.82) is 0 Å². The smallest absolute Gasteiger partial charge is 0.242 e. The van der Waals surface area contributed by atoms with Crippen LogP contribution < -0.4 is 10.2 Å². The third kappa shape index (κ3) is 6.59. The first-order valence-electron chi connectivity index (χ1n) is 8.60. The fourth-order valence-electron chi connectivity index (χ4n) is 2.60. The molecule has 27 heavy (non-hydrogen) atoms. The summed E-state index contributed by atoms with van der Waals surface area (Å²) in [6, 6.07) is 15.7. The molecule has 142 valence electrons. The van der Waals surface area contributed by atoms with Crippen molar-refractivity contribution >= 4 is 51.6 Å². The molecule has 1 heterocycles. The van der Waals surface area contributed by atoms with Crippen molar-refractivity contribution in [3.05, 3.63) is 64.1 Å². The van der Waals surface area contributed by atoms with Crippen molar-refractivity contribution in [1.82, 2.24) is 5.43 Å². The summed E-state index contributed by atoms with van der Waals surface area (Å²) in [5.74, 6) is 2.91. The molecule has 1 aliphatic rings. The van der Waals surface area contributed by atoms with Gasteiger partial charge in [-0.15, -0.1) is 23.5 Å². The minimum absolute atomic E-state index is 0.0274. The Bertz CT molecular complexity index is 806. The van der Waals surface area contributed by atoms with Crippen LogP contribution in [0.5, 0.6) is 5.75 Å². The molecular weight excluding hydrogens is 444 g/mol. The van der Waals surface area contributed by atoms with E-state index in [-0.39, 0.29) is 9.99 Å². The molecule has 1 fully saturated rings. The largest absolute Gasteiger partial charge is 0.489 e. The molecule has 2 aromatic carbocycles. The Kier molecular flexibility index (Phi) is 7.26. The van der Waals surface area contributed by atoms with E-state index in [4.69, 9.17) is 4.74 Å². The SMILES string of the molecule is CC1(CC(=O)N/N=C\c2cccc(OCc3ccc(Br)cc3)c2)SCCS1. The summed E-state index contributed by atoms with van der Waals surface area (Å²) in [5.41, 5.74) is 4.60. The maximum absolute atomic E-state index is 12.1. The third-order valence-corrected chi connectivity index (χ3v) is 7.78. The van der Waals surface area contributed by atoms with Crippen molar-refractivity contribution in [2.75, 3.05) is 11.5 Å². The van der Waals surface area contributed by atoms with E-state index in [0.717, 1.165) is 32.9 Å². The molecule has 7 heteroatoms. The van der Waals surface area contributed by atoms with Gasteiger partial charge in [0.2, 0.25) is 5.91 Å². The van der Waals surface area contributed by atoms with E-state index in [9.17, 15) is 4.79 Å². The highest BCUT2D eigenvalue weighted by Gasteiger charge is 2.32. The van der Waals surface area contributed by atoms with Crippen molar-refractivity contribution in [2.45, 2.75) is 24.0 Å². The number of carbonyl (C=O) groups is 1. The third-order valence-electron chi connectivity index (χ3n) is 3.96. The van der Waals surface area contributed by atoms with Gasteiger partial charge in [0.15, 0.2) is 0 Å². The van der Waals surface area contributed by atoms with E-state index in [0.29, 0.717) is 13.0 Å². The van der Waals surface area contributed by atoms with Gasteiger partial charge in [0.05, 0.1) is 16.7 Å². The number of hydrogen-bond acceptors (Lipinski definition) is 5. The quantitative estimate of drug-likeness (QED) is 0.459. The highest BCUT2D eigenvalue weighted by atomic mass is 79.9. The molecule has 0 spiro atoms. The molecule has 1 amide bonds. The molecular formula is C20H21BrN2O2S2. The molecule has 1 N–H and O–H groups in total. The molecule has 3 rings (SSSR count). The minimum Gasteiger partial charge on any atom is -0.489 e. The first-order chi connectivity index (χ1) is 13.0. The average Bonchev–Trinajstić information content (AvgIpc) is 3.07. The van der Waals surface area contributed by atoms with Crippen molar-refractivity contribution in [2.24, 2.45) is 5.10 Å². The summed E-state index contributed by atoms with van der Waals surface area (Å²) in [4.78, 5) is 12.1. The number of hydrazone groups is 1. The lowest BCUT2D eigenvalue weighted by Crippen LogP contribution is -2.26. The maximum atomic E-state index is 12.1. The zero-order chi connectivity index (χ0) is 19.1. The number of amides is 1. The number of halogens is 1. The molecule has 2 aromatic rings. The van der Waals surface area contributed by atoms with E-state index >= 15 is 0 Å². The van der Waals surface area contributed by atoms with E-state index < -0.39 is 0 Å². The van der Waals surface area contributed by atoms with Crippen molar-refractivity contribution < 1.29 is 9.53 Å². The van der Waals surface area contributed by atoms with Gasteiger partial charge in [0.25, 0.3) is 0 Å². The lowest BCUT2D eigenvalue weighted by molar-refractivity contribution is -0.121.